The normalized spacial score (nSPS) is 16.2. The van der Waals surface area contributed by atoms with Gasteiger partial charge in [-0.2, -0.15) is 4.98 Å². The molecule has 5 nitrogen and oxygen atoms in total. The van der Waals surface area contributed by atoms with Crippen LogP contribution in [0.2, 0.25) is 0 Å². The number of halogens is 1. The molecule has 0 atom stereocenters. The Hall–Kier alpha value is -0.630. The number of nitrogens with one attached hydrogen (secondary N) is 1. The van der Waals surface area contributed by atoms with Crippen LogP contribution >= 0.6 is 22.6 Å². The summed E-state index contributed by atoms with van der Waals surface area (Å²) in [5.41, 5.74) is 0. The van der Waals surface area contributed by atoms with Gasteiger partial charge in [-0.3, -0.25) is 0 Å². The summed E-state index contributed by atoms with van der Waals surface area (Å²) in [7, 11) is 0. The summed E-state index contributed by atoms with van der Waals surface area (Å²) in [5.74, 6) is 1.71. The molecular weight excluding hydrogens is 319 g/mol. The number of rotatable bonds is 3. The number of ether oxygens (including phenoxy) is 1. The van der Waals surface area contributed by atoms with Gasteiger partial charge in [0.15, 0.2) is 0 Å². The van der Waals surface area contributed by atoms with Gasteiger partial charge in [-0.25, -0.2) is 4.98 Å². The van der Waals surface area contributed by atoms with Gasteiger partial charge in [0, 0.05) is 25.8 Å². The lowest BCUT2D eigenvalue weighted by atomic mass is 10.4. The minimum Gasteiger partial charge on any atom is -0.378 e. The highest BCUT2D eigenvalue weighted by atomic mass is 127. The second-order valence-corrected chi connectivity index (χ2v) is 4.66. The number of anilines is 2. The number of morpholine rings is 1. The van der Waals surface area contributed by atoms with Crippen LogP contribution in [0.25, 0.3) is 0 Å². The van der Waals surface area contributed by atoms with Crippen LogP contribution in [0.4, 0.5) is 11.8 Å². The van der Waals surface area contributed by atoms with Gasteiger partial charge in [-0.15, -0.1) is 0 Å². The first kappa shape index (κ1) is 11.8. The molecule has 0 aliphatic carbocycles. The van der Waals surface area contributed by atoms with E-state index < -0.39 is 0 Å². The Kier molecular flexibility index (Phi) is 4.16. The van der Waals surface area contributed by atoms with Crippen LogP contribution in [0.3, 0.4) is 0 Å². The summed E-state index contributed by atoms with van der Waals surface area (Å²) in [6, 6.07) is 0. The minimum absolute atomic E-state index is 0.756. The summed E-state index contributed by atoms with van der Waals surface area (Å²) < 4.78 is 6.36. The molecule has 0 radical (unpaired) electrons. The van der Waals surface area contributed by atoms with Crippen molar-refractivity contribution in [1.29, 1.82) is 0 Å². The van der Waals surface area contributed by atoms with Crippen LogP contribution in [0.1, 0.15) is 6.92 Å². The minimum atomic E-state index is 0.756. The molecule has 1 aliphatic heterocycles. The van der Waals surface area contributed by atoms with Crippen molar-refractivity contribution in [2.24, 2.45) is 0 Å². The Morgan fingerprint density at radius 3 is 2.94 bits per heavy atom. The van der Waals surface area contributed by atoms with Gasteiger partial charge in [-0.05, 0) is 29.5 Å². The number of aromatic nitrogens is 2. The van der Waals surface area contributed by atoms with Gasteiger partial charge >= 0.3 is 0 Å². The highest BCUT2D eigenvalue weighted by Crippen LogP contribution is 2.18. The van der Waals surface area contributed by atoms with E-state index in [0.29, 0.717) is 0 Å². The van der Waals surface area contributed by atoms with E-state index in [2.05, 4.69) is 49.7 Å². The number of hydrogen-bond acceptors (Lipinski definition) is 5. The largest absolute Gasteiger partial charge is 0.378 e. The van der Waals surface area contributed by atoms with E-state index in [4.69, 9.17) is 4.74 Å². The van der Waals surface area contributed by atoms with Gasteiger partial charge in [0.25, 0.3) is 0 Å². The van der Waals surface area contributed by atoms with Crippen molar-refractivity contribution in [3.8, 4) is 0 Å². The molecule has 1 aromatic heterocycles. The van der Waals surface area contributed by atoms with Gasteiger partial charge in [0.05, 0.1) is 16.8 Å². The average molecular weight is 334 g/mol. The maximum absolute atomic E-state index is 5.31. The van der Waals surface area contributed by atoms with E-state index in [1.165, 1.54) is 0 Å². The topological polar surface area (TPSA) is 50.3 Å². The second kappa shape index (κ2) is 5.62. The third kappa shape index (κ3) is 2.73. The monoisotopic (exact) mass is 334 g/mol. The predicted octanol–water partition coefficient (Wildman–Crippen LogP) is 1.35. The molecule has 1 aromatic rings. The summed E-state index contributed by atoms with van der Waals surface area (Å²) in [5, 5.41) is 3.24. The van der Waals surface area contributed by atoms with Crippen molar-refractivity contribution in [3.63, 3.8) is 0 Å². The molecule has 2 heterocycles. The van der Waals surface area contributed by atoms with Crippen LogP contribution in [0.5, 0.6) is 0 Å². The molecule has 0 saturated carbocycles. The molecule has 6 heteroatoms. The predicted molar refractivity (Wildman–Crippen MR) is 71.9 cm³/mol. The lowest BCUT2D eigenvalue weighted by molar-refractivity contribution is 0.122. The number of hydrogen-bond donors (Lipinski definition) is 1. The zero-order chi connectivity index (χ0) is 11.4. The summed E-state index contributed by atoms with van der Waals surface area (Å²) >= 11 is 2.24. The zero-order valence-electron chi connectivity index (χ0n) is 9.24. The molecule has 88 valence electrons. The van der Waals surface area contributed by atoms with E-state index >= 15 is 0 Å². The van der Waals surface area contributed by atoms with Crippen LogP contribution in [0.15, 0.2) is 6.20 Å². The number of nitrogens with zero attached hydrogens (tertiary/aromatic N) is 3. The Labute approximate surface area is 109 Å². The van der Waals surface area contributed by atoms with Crippen molar-refractivity contribution >= 4 is 34.4 Å². The highest BCUT2D eigenvalue weighted by molar-refractivity contribution is 14.1. The SMILES string of the molecule is CCNc1nc(N2CCOCC2)ncc1I. The molecule has 0 unspecified atom stereocenters. The van der Waals surface area contributed by atoms with Gasteiger partial charge in [-0.1, -0.05) is 0 Å². The molecule has 1 saturated heterocycles. The smallest absolute Gasteiger partial charge is 0.227 e. The molecule has 0 amide bonds. The van der Waals surface area contributed by atoms with Crippen molar-refractivity contribution in [2.45, 2.75) is 6.92 Å². The first-order chi connectivity index (χ1) is 7.81. The third-order valence-electron chi connectivity index (χ3n) is 2.37. The van der Waals surface area contributed by atoms with Crippen LogP contribution < -0.4 is 10.2 Å². The highest BCUT2D eigenvalue weighted by Gasteiger charge is 2.14. The fourth-order valence-electron chi connectivity index (χ4n) is 1.56. The molecule has 0 aromatic carbocycles. The molecule has 0 bridgehead atoms. The fraction of sp³-hybridized carbons (Fsp3) is 0.600. The molecule has 1 aliphatic rings. The molecule has 1 fully saturated rings. The third-order valence-corrected chi connectivity index (χ3v) is 3.16. The van der Waals surface area contributed by atoms with Gasteiger partial charge in [0.2, 0.25) is 5.95 Å². The van der Waals surface area contributed by atoms with E-state index in [0.717, 1.165) is 48.2 Å². The molecule has 16 heavy (non-hydrogen) atoms. The Balaban J connectivity index is 2.17. The van der Waals surface area contributed by atoms with Crippen molar-refractivity contribution < 1.29 is 4.74 Å². The molecule has 0 spiro atoms. The first-order valence-electron chi connectivity index (χ1n) is 5.40. The van der Waals surface area contributed by atoms with Crippen LogP contribution in [0, 0.1) is 3.57 Å². The van der Waals surface area contributed by atoms with E-state index in [1.807, 2.05) is 6.20 Å². The molecule has 2 rings (SSSR count). The fourth-order valence-corrected chi connectivity index (χ4v) is 2.02. The first-order valence-corrected chi connectivity index (χ1v) is 6.48. The maximum atomic E-state index is 5.31. The lowest BCUT2D eigenvalue weighted by Gasteiger charge is -2.27. The Morgan fingerprint density at radius 2 is 2.25 bits per heavy atom. The van der Waals surface area contributed by atoms with E-state index in [9.17, 15) is 0 Å². The van der Waals surface area contributed by atoms with Gasteiger partial charge in [0.1, 0.15) is 5.82 Å². The summed E-state index contributed by atoms with van der Waals surface area (Å²) in [6.07, 6.45) is 1.86. The summed E-state index contributed by atoms with van der Waals surface area (Å²) in [6.45, 7) is 6.18. The zero-order valence-corrected chi connectivity index (χ0v) is 11.4. The Bertz CT molecular complexity index is 355. The molecule has 1 N–H and O–H groups in total. The maximum Gasteiger partial charge on any atom is 0.227 e. The quantitative estimate of drug-likeness (QED) is 0.846. The van der Waals surface area contributed by atoms with E-state index in [1.54, 1.807) is 0 Å². The Morgan fingerprint density at radius 1 is 1.50 bits per heavy atom. The van der Waals surface area contributed by atoms with Crippen LogP contribution in [-0.2, 0) is 4.74 Å². The van der Waals surface area contributed by atoms with Crippen molar-refractivity contribution in [2.75, 3.05) is 43.1 Å². The second-order valence-electron chi connectivity index (χ2n) is 3.50. The van der Waals surface area contributed by atoms with E-state index in [-0.39, 0.29) is 0 Å². The average Bonchev–Trinajstić information content (AvgIpc) is 2.33. The van der Waals surface area contributed by atoms with Crippen LogP contribution in [-0.4, -0.2) is 42.8 Å². The summed E-state index contributed by atoms with van der Waals surface area (Å²) in [4.78, 5) is 11.0. The van der Waals surface area contributed by atoms with Crippen molar-refractivity contribution in [3.05, 3.63) is 9.77 Å². The molecular formula is C10H15IN4O. The van der Waals surface area contributed by atoms with Gasteiger partial charge < -0.3 is 15.0 Å². The van der Waals surface area contributed by atoms with Crippen molar-refractivity contribution in [1.82, 2.24) is 9.97 Å². The standard InChI is InChI=1S/C10H15IN4O/c1-2-12-9-8(11)7-13-10(14-9)15-3-5-16-6-4-15/h7H,2-6H2,1H3,(H,12,13,14). The lowest BCUT2D eigenvalue weighted by Crippen LogP contribution is -2.37.